The Morgan fingerprint density at radius 1 is 1.50 bits per heavy atom. The van der Waals surface area contributed by atoms with Gasteiger partial charge in [-0.15, -0.1) is 0 Å². The van der Waals surface area contributed by atoms with Crippen molar-refractivity contribution in [1.82, 2.24) is 0 Å². The molecule has 0 bridgehead atoms. The number of hydrogen-bond donors (Lipinski definition) is 0. The Morgan fingerprint density at radius 3 is 2.64 bits per heavy atom. The highest BCUT2D eigenvalue weighted by Crippen LogP contribution is 2.28. The smallest absolute Gasteiger partial charge is 0.309 e. The Bertz CT molecular complexity index is 247. The highest BCUT2D eigenvalue weighted by Gasteiger charge is 2.26. The maximum Gasteiger partial charge on any atom is 0.309 e. The van der Waals surface area contributed by atoms with Crippen molar-refractivity contribution in [3.05, 3.63) is 12.7 Å². The Labute approximate surface area is 84.4 Å². The highest BCUT2D eigenvalue weighted by molar-refractivity contribution is 5.72. The van der Waals surface area contributed by atoms with E-state index in [0.717, 1.165) is 25.7 Å². The summed E-state index contributed by atoms with van der Waals surface area (Å²) in [5.74, 6) is -0.000654. The molecule has 1 aliphatic rings. The summed E-state index contributed by atoms with van der Waals surface area (Å²) in [6.45, 7) is 3.77. The summed E-state index contributed by atoms with van der Waals surface area (Å²) >= 11 is 0. The first kappa shape index (κ1) is 10.8. The van der Waals surface area contributed by atoms with E-state index in [4.69, 9.17) is 10.00 Å². The molecule has 3 nitrogen and oxygen atoms in total. The number of nitriles is 1. The van der Waals surface area contributed by atoms with E-state index in [0.29, 0.717) is 0 Å². The van der Waals surface area contributed by atoms with Crippen LogP contribution in [0.3, 0.4) is 0 Å². The maximum atomic E-state index is 11.4. The van der Waals surface area contributed by atoms with Crippen LogP contribution < -0.4 is 0 Å². The summed E-state index contributed by atoms with van der Waals surface area (Å²) in [6, 6.07) is 2.24. The molecule has 0 aromatic carbocycles. The standard InChI is InChI=1S/C11H15NO2/c1-2-7-14-11(13)10-5-3-9(8-12)4-6-10/h2,9-10H,1,3-7H2. The van der Waals surface area contributed by atoms with Gasteiger partial charge in [-0.1, -0.05) is 12.7 Å². The topological polar surface area (TPSA) is 50.1 Å². The average molecular weight is 193 g/mol. The van der Waals surface area contributed by atoms with Gasteiger partial charge in [0.1, 0.15) is 6.61 Å². The molecule has 1 rings (SSSR count). The number of rotatable bonds is 3. The van der Waals surface area contributed by atoms with Crippen molar-refractivity contribution in [2.24, 2.45) is 11.8 Å². The molecule has 76 valence electrons. The molecule has 0 spiro atoms. The number of ether oxygens (including phenoxy) is 1. The van der Waals surface area contributed by atoms with Crippen molar-refractivity contribution in [3.8, 4) is 6.07 Å². The second-order valence-electron chi connectivity index (χ2n) is 3.60. The summed E-state index contributed by atoms with van der Waals surface area (Å²) in [6.07, 6.45) is 4.79. The Morgan fingerprint density at radius 2 is 2.14 bits per heavy atom. The van der Waals surface area contributed by atoms with Crippen molar-refractivity contribution in [3.63, 3.8) is 0 Å². The molecule has 1 saturated carbocycles. The summed E-state index contributed by atoms with van der Waals surface area (Å²) < 4.78 is 4.96. The third-order valence-corrected chi connectivity index (χ3v) is 2.59. The number of carbonyl (C=O) groups is 1. The molecule has 0 atom stereocenters. The molecule has 0 saturated heterocycles. The molecule has 3 heteroatoms. The van der Waals surface area contributed by atoms with Crippen molar-refractivity contribution in [1.29, 1.82) is 5.26 Å². The van der Waals surface area contributed by atoms with Gasteiger partial charge in [0, 0.05) is 5.92 Å². The van der Waals surface area contributed by atoms with Gasteiger partial charge in [-0.2, -0.15) is 5.26 Å². The fourth-order valence-electron chi connectivity index (χ4n) is 1.72. The van der Waals surface area contributed by atoms with Crippen LogP contribution in [-0.2, 0) is 9.53 Å². The molecule has 14 heavy (non-hydrogen) atoms. The van der Waals surface area contributed by atoms with Crippen LogP contribution in [0.25, 0.3) is 0 Å². The van der Waals surface area contributed by atoms with Crippen LogP contribution >= 0.6 is 0 Å². The van der Waals surface area contributed by atoms with Crippen molar-refractivity contribution in [2.45, 2.75) is 25.7 Å². The van der Waals surface area contributed by atoms with Crippen molar-refractivity contribution >= 4 is 5.97 Å². The molecule has 1 fully saturated rings. The van der Waals surface area contributed by atoms with E-state index in [2.05, 4.69) is 12.6 Å². The molecular weight excluding hydrogens is 178 g/mol. The third kappa shape index (κ3) is 2.88. The number of esters is 1. The van der Waals surface area contributed by atoms with E-state index >= 15 is 0 Å². The van der Waals surface area contributed by atoms with Gasteiger partial charge in [0.2, 0.25) is 0 Å². The molecular formula is C11H15NO2. The van der Waals surface area contributed by atoms with Gasteiger partial charge in [0.05, 0.1) is 12.0 Å². The van der Waals surface area contributed by atoms with E-state index in [9.17, 15) is 4.79 Å². The van der Waals surface area contributed by atoms with Crippen LogP contribution in [0.4, 0.5) is 0 Å². The van der Waals surface area contributed by atoms with Gasteiger partial charge in [0.15, 0.2) is 0 Å². The fourth-order valence-corrected chi connectivity index (χ4v) is 1.72. The lowest BCUT2D eigenvalue weighted by Gasteiger charge is -2.22. The predicted molar refractivity (Wildman–Crippen MR) is 52.2 cm³/mol. The van der Waals surface area contributed by atoms with Crippen molar-refractivity contribution < 1.29 is 9.53 Å². The SMILES string of the molecule is C=CCOC(=O)C1CCC(C#N)CC1. The van der Waals surface area contributed by atoms with E-state index < -0.39 is 0 Å². The van der Waals surface area contributed by atoms with Crippen LogP contribution in [0, 0.1) is 23.2 Å². The quantitative estimate of drug-likeness (QED) is 0.509. The molecule has 0 unspecified atom stereocenters. The molecule has 0 aromatic heterocycles. The molecule has 0 aliphatic heterocycles. The third-order valence-electron chi connectivity index (χ3n) is 2.59. The van der Waals surface area contributed by atoms with Crippen LogP contribution in [0.1, 0.15) is 25.7 Å². The van der Waals surface area contributed by atoms with Gasteiger partial charge in [-0.25, -0.2) is 0 Å². The minimum absolute atomic E-state index is 0.000417. The Hall–Kier alpha value is -1.30. The first-order chi connectivity index (χ1) is 6.77. The minimum atomic E-state index is -0.138. The van der Waals surface area contributed by atoms with E-state index in [1.54, 1.807) is 6.08 Å². The first-order valence-corrected chi connectivity index (χ1v) is 4.95. The minimum Gasteiger partial charge on any atom is -0.461 e. The zero-order chi connectivity index (χ0) is 10.4. The van der Waals surface area contributed by atoms with Crippen LogP contribution in [0.15, 0.2) is 12.7 Å². The highest BCUT2D eigenvalue weighted by atomic mass is 16.5. The Kier molecular flexibility index (Phi) is 4.18. The number of hydrogen-bond acceptors (Lipinski definition) is 3. The van der Waals surface area contributed by atoms with E-state index in [-0.39, 0.29) is 24.4 Å². The van der Waals surface area contributed by atoms with Gasteiger partial charge in [-0.05, 0) is 25.7 Å². The zero-order valence-corrected chi connectivity index (χ0v) is 8.24. The zero-order valence-electron chi connectivity index (χ0n) is 8.24. The molecule has 0 heterocycles. The van der Waals surface area contributed by atoms with Crippen molar-refractivity contribution in [2.75, 3.05) is 6.61 Å². The summed E-state index contributed by atoms with van der Waals surface area (Å²) in [7, 11) is 0. The lowest BCUT2D eigenvalue weighted by Crippen LogP contribution is -2.23. The largest absolute Gasteiger partial charge is 0.461 e. The summed E-state index contributed by atoms with van der Waals surface area (Å²) in [4.78, 5) is 11.4. The molecule has 1 aliphatic carbocycles. The number of carbonyl (C=O) groups excluding carboxylic acids is 1. The lowest BCUT2D eigenvalue weighted by molar-refractivity contribution is -0.148. The van der Waals surface area contributed by atoms with Gasteiger partial charge in [-0.3, -0.25) is 4.79 Å². The molecule has 0 aromatic rings. The van der Waals surface area contributed by atoms with Crippen LogP contribution in [-0.4, -0.2) is 12.6 Å². The van der Waals surface area contributed by atoms with Gasteiger partial charge >= 0.3 is 5.97 Å². The van der Waals surface area contributed by atoms with E-state index in [1.807, 2.05) is 0 Å². The lowest BCUT2D eigenvalue weighted by atomic mass is 9.83. The fraction of sp³-hybridized carbons (Fsp3) is 0.636. The van der Waals surface area contributed by atoms with Crippen LogP contribution in [0.5, 0.6) is 0 Å². The predicted octanol–water partition coefficient (Wildman–Crippen LogP) is 2.05. The van der Waals surface area contributed by atoms with Gasteiger partial charge in [0.25, 0.3) is 0 Å². The van der Waals surface area contributed by atoms with Crippen LogP contribution in [0.2, 0.25) is 0 Å². The molecule has 0 amide bonds. The monoisotopic (exact) mass is 193 g/mol. The second kappa shape index (κ2) is 5.43. The molecule has 0 N–H and O–H groups in total. The maximum absolute atomic E-state index is 11.4. The average Bonchev–Trinajstić information content (AvgIpc) is 2.26. The molecule has 0 radical (unpaired) electrons. The first-order valence-electron chi connectivity index (χ1n) is 4.95. The second-order valence-corrected chi connectivity index (χ2v) is 3.60. The summed E-state index contributed by atoms with van der Waals surface area (Å²) in [5, 5.41) is 8.68. The van der Waals surface area contributed by atoms with E-state index in [1.165, 1.54) is 0 Å². The number of nitrogens with zero attached hydrogens (tertiary/aromatic N) is 1. The van der Waals surface area contributed by atoms with Gasteiger partial charge < -0.3 is 4.74 Å². The Balaban J connectivity index is 2.31. The summed E-state index contributed by atoms with van der Waals surface area (Å²) in [5.41, 5.74) is 0. The normalized spacial score (nSPS) is 26.2.